The van der Waals surface area contributed by atoms with Gasteiger partial charge in [-0.2, -0.15) is 5.10 Å². The molecule has 3 aromatic rings. The van der Waals surface area contributed by atoms with Crippen LogP contribution in [0.4, 0.5) is 10.5 Å². The number of nitrogens with zero attached hydrogens (tertiary/aromatic N) is 3. The third-order valence-electron chi connectivity index (χ3n) is 5.48. The lowest BCUT2D eigenvalue weighted by molar-refractivity contribution is -0.385. The van der Waals surface area contributed by atoms with E-state index >= 15 is 0 Å². The largest absolute Gasteiger partial charge is 0.487 e. The number of amides is 2. The Balaban J connectivity index is 1.94. The molecule has 4 rings (SSSR count). The molecule has 0 spiro atoms. The van der Waals surface area contributed by atoms with Crippen molar-refractivity contribution in [2.75, 3.05) is 13.7 Å². The smallest absolute Gasteiger partial charge is 0.337 e. The summed E-state index contributed by atoms with van der Waals surface area (Å²) in [5.74, 6) is -0.498. The van der Waals surface area contributed by atoms with Gasteiger partial charge in [-0.15, -0.1) is 0 Å². The molecular weight excluding hydrogens is 454 g/mol. The van der Waals surface area contributed by atoms with Gasteiger partial charge in [-0.3, -0.25) is 10.1 Å². The Morgan fingerprint density at radius 1 is 1.23 bits per heavy atom. The van der Waals surface area contributed by atoms with Crippen molar-refractivity contribution in [3.63, 3.8) is 0 Å². The highest BCUT2D eigenvalue weighted by Gasteiger charge is 2.35. The van der Waals surface area contributed by atoms with Crippen LogP contribution in [0.5, 0.6) is 5.75 Å². The summed E-state index contributed by atoms with van der Waals surface area (Å²) in [6, 6.07) is 12.3. The number of urea groups is 1. The van der Waals surface area contributed by atoms with Gasteiger partial charge in [-0.05, 0) is 38.1 Å². The Morgan fingerprint density at radius 2 is 1.97 bits per heavy atom. The molecule has 2 N–H and O–H groups in total. The van der Waals surface area contributed by atoms with Gasteiger partial charge in [0, 0.05) is 29.1 Å². The third kappa shape index (κ3) is 4.56. The number of benzene rings is 2. The first-order valence-electron chi connectivity index (χ1n) is 10.8. The van der Waals surface area contributed by atoms with Crippen molar-refractivity contribution in [2.45, 2.75) is 19.9 Å². The number of rotatable bonds is 7. The second-order valence-electron chi connectivity index (χ2n) is 7.65. The molecule has 0 fully saturated rings. The average molecular weight is 477 g/mol. The summed E-state index contributed by atoms with van der Waals surface area (Å²) < 4.78 is 11.9. The van der Waals surface area contributed by atoms with E-state index in [1.165, 1.54) is 19.2 Å². The van der Waals surface area contributed by atoms with Crippen molar-refractivity contribution in [3.8, 4) is 22.7 Å². The Morgan fingerprint density at radius 3 is 2.63 bits per heavy atom. The van der Waals surface area contributed by atoms with E-state index in [0.29, 0.717) is 22.5 Å². The number of methoxy groups -OCH3 is 1. The van der Waals surface area contributed by atoms with E-state index in [-0.39, 0.29) is 23.6 Å². The van der Waals surface area contributed by atoms with Crippen LogP contribution in [-0.4, -0.2) is 40.4 Å². The Bertz CT molecular complexity index is 1330. The second-order valence-corrected chi connectivity index (χ2v) is 7.65. The quantitative estimate of drug-likeness (QED) is 0.301. The standard InChI is InChI=1S/C24H23N5O6/c1-4-35-19-11-10-15(12-18(19)29(32)33)21-17(13-28(27-21)16-8-6-5-7-9-16)22-20(23(30)34-3)14(2)25-24(31)26-22/h5-13,22H,4H2,1-3H3,(H2,25,26,31). The van der Waals surface area contributed by atoms with Crippen LogP contribution >= 0.6 is 0 Å². The molecule has 11 heteroatoms. The van der Waals surface area contributed by atoms with Crippen molar-refractivity contribution in [2.24, 2.45) is 0 Å². The van der Waals surface area contributed by atoms with Gasteiger partial charge in [0.05, 0.1) is 41.6 Å². The first-order valence-corrected chi connectivity index (χ1v) is 10.8. The van der Waals surface area contributed by atoms with Gasteiger partial charge in [0.1, 0.15) is 0 Å². The maximum absolute atomic E-state index is 12.6. The van der Waals surface area contributed by atoms with Gasteiger partial charge < -0.3 is 20.1 Å². The molecule has 0 radical (unpaired) electrons. The van der Waals surface area contributed by atoms with Gasteiger partial charge in [-0.1, -0.05) is 18.2 Å². The lowest BCUT2D eigenvalue weighted by atomic mass is 9.93. The summed E-state index contributed by atoms with van der Waals surface area (Å²) in [7, 11) is 1.25. The number of para-hydroxylation sites is 1. The van der Waals surface area contributed by atoms with Gasteiger partial charge in [0.25, 0.3) is 0 Å². The minimum Gasteiger partial charge on any atom is -0.487 e. The monoisotopic (exact) mass is 477 g/mol. The summed E-state index contributed by atoms with van der Waals surface area (Å²) in [5.41, 5.74) is 2.26. The second kappa shape index (κ2) is 9.67. The summed E-state index contributed by atoms with van der Waals surface area (Å²) >= 11 is 0. The third-order valence-corrected chi connectivity index (χ3v) is 5.48. The highest BCUT2D eigenvalue weighted by molar-refractivity contribution is 5.95. The van der Waals surface area contributed by atoms with Crippen LogP contribution in [0.3, 0.4) is 0 Å². The van der Waals surface area contributed by atoms with Gasteiger partial charge in [0.2, 0.25) is 0 Å². The molecule has 180 valence electrons. The normalized spacial score (nSPS) is 15.3. The SMILES string of the molecule is CCOc1ccc(-c2nn(-c3ccccc3)cc2C2NC(=O)NC(C)=C2C(=O)OC)cc1[N+](=O)[O-]. The number of nitrogens with one attached hydrogen (secondary N) is 2. The molecule has 1 aromatic heterocycles. The first-order chi connectivity index (χ1) is 16.8. The summed E-state index contributed by atoms with van der Waals surface area (Å²) in [6.07, 6.45) is 1.68. The topological polar surface area (TPSA) is 138 Å². The molecule has 1 unspecified atom stereocenters. The van der Waals surface area contributed by atoms with Gasteiger partial charge in [0.15, 0.2) is 5.75 Å². The Kier molecular flexibility index (Phi) is 6.49. The first kappa shape index (κ1) is 23.5. The molecule has 1 aliphatic heterocycles. The van der Waals surface area contributed by atoms with Gasteiger partial charge >= 0.3 is 17.7 Å². The van der Waals surface area contributed by atoms with Crippen LogP contribution in [0.2, 0.25) is 0 Å². The van der Waals surface area contributed by atoms with Crippen molar-refractivity contribution in [1.82, 2.24) is 20.4 Å². The van der Waals surface area contributed by atoms with Crippen LogP contribution in [-0.2, 0) is 9.53 Å². The van der Waals surface area contributed by atoms with E-state index in [2.05, 4.69) is 15.7 Å². The van der Waals surface area contributed by atoms with Gasteiger partial charge in [-0.25, -0.2) is 14.3 Å². The molecule has 2 aromatic carbocycles. The molecule has 2 heterocycles. The van der Waals surface area contributed by atoms with E-state index in [1.807, 2.05) is 30.3 Å². The maximum atomic E-state index is 12.6. The van der Waals surface area contributed by atoms with Crippen LogP contribution < -0.4 is 15.4 Å². The van der Waals surface area contributed by atoms with E-state index < -0.39 is 23.0 Å². The van der Waals surface area contributed by atoms with Crippen molar-refractivity contribution < 1.29 is 24.0 Å². The highest BCUT2D eigenvalue weighted by Crippen LogP contribution is 2.38. The number of nitro groups is 1. The average Bonchev–Trinajstić information content (AvgIpc) is 3.29. The van der Waals surface area contributed by atoms with Crippen molar-refractivity contribution in [3.05, 3.63) is 81.7 Å². The molecule has 0 saturated carbocycles. The number of allylic oxidation sites excluding steroid dienone is 1. The summed E-state index contributed by atoms with van der Waals surface area (Å²) in [4.78, 5) is 36.2. The number of esters is 1. The summed E-state index contributed by atoms with van der Waals surface area (Å²) in [5, 5.41) is 21.7. The van der Waals surface area contributed by atoms with Crippen LogP contribution in [0.25, 0.3) is 16.9 Å². The fraction of sp³-hybridized carbons (Fsp3) is 0.208. The number of nitro benzene ring substituents is 1. The minimum absolute atomic E-state index is 0.131. The molecule has 11 nitrogen and oxygen atoms in total. The number of carbonyl (C=O) groups is 2. The fourth-order valence-corrected chi connectivity index (χ4v) is 3.93. The van der Waals surface area contributed by atoms with Crippen LogP contribution in [0.15, 0.2) is 66.0 Å². The molecule has 2 amide bonds. The molecule has 0 aliphatic carbocycles. The highest BCUT2D eigenvalue weighted by atomic mass is 16.6. The molecule has 1 atom stereocenters. The fourth-order valence-electron chi connectivity index (χ4n) is 3.93. The maximum Gasteiger partial charge on any atom is 0.337 e. The van der Waals surface area contributed by atoms with E-state index in [9.17, 15) is 19.7 Å². The van der Waals surface area contributed by atoms with Crippen LogP contribution in [0.1, 0.15) is 25.5 Å². The van der Waals surface area contributed by atoms with E-state index in [0.717, 1.165) is 5.69 Å². The number of ether oxygens (including phenoxy) is 2. The lowest BCUT2D eigenvalue weighted by Crippen LogP contribution is -2.45. The number of hydrogen-bond donors (Lipinski definition) is 2. The number of hydrogen-bond acceptors (Lipinski definition) is 7. The molecule has 0 saturated heterocycles. The zero-order valence-electron chi connectivity index (χ0n) is 19.3. The predicted molar refractivity (Wildman–Crippen MR) is 126 cm³/mol. The Hall–Kier alpha value is -4.67. The predicted octanol–water partition coefficient (Wildman–Crippen LogP) is 3.65. The zero-order chi connectivity index (χ0) is 25.1. The lowest BCUT2D eigenvalue weighted by Gasteiger charge is -2.27. The molecule has 1 aliphatic rings. The van der Waals surface area contributed by atoms with E-state index in [4.69, 9.17) is 9.47 Å². The summed E-state index contributed by atoms with van der Waals surface area (Å²) in [6.45, 7) is 3.60. The zero-order valence-corrected chi connectivity index (χ0v) is 19.3. The molecule has 0 bridgehead atoms. The van der Waals surface area contributed by atoms with Crippen LogP contribution in [0, 0.1) is 10.1 Å². The van der Waals surface area contributed by atoms with Crippen molar-refractivity contribution >= 4 is 17.7 Å². The minimum atomic E-state index is -0.908. The molecule has 35 heavy (non-hydrogen) atoms. The Labute approximate surface area is 200 Å². The number of carbonyl (C=O) groups excluding carboxylic acids is 2. The number of aromatic nitrogens is 2. The van der Waals surface area contributed by atoms with E-state index in [1.54, 1.807) is 30.8 Å². The van der Waals surface area contributed by atoms with Crippen molar-refractivity contribution in [1.29, 1.82) is 0 Å². The molecular formula is C24H23N5O6.